The Balaban J connectivity index is 1.55. The van der Waals surface area contributed by atoms with Crippen molar-refractivity contribution in [2.75, 3.05) is 11.4 Å². The Morgan fingerprint density at radius 3 is 2.70 bits per heavy atom. The summed E-state index contributed by atoms with van der Waals surface area (Å²) in [6, 6.07) is 7.74. The van der Waals surface area contributed by atoms with Crippen LogP contribution in [0.2, 0.25) is 0 Å². The Bertz CT molecular complexity index is 1110. The van der Waals surface area contributed by atoms with Crippen LogP contribution in [0, 0.1) is 18.7 Å². The third-order valence-electron chi connectivity index (χ3n) is 4.93. The van der Waals surface area contributed by atoms with Gasteiger partial charge in [-0.25, -0.2) is 9.18 Å². The van der Waals surface area contributed by atoms with Crippen molar-refractivity contribution in [2.45, 2.75) is 20.0 Å². The highest BCUT2D eigenvalue weighted by Gasteiger charge is 2.37. The van der Waals surface area contributed by atoms with Gasteiger partial charge in [-0.05, 0) is 31.2 Å². The maximum Gasteiger partial charge on any atom is 0.414 e. The van der Waals surface area contributed by atoms with E-state index in [9.17, 15) is 14.0 Å². The Morgan fingerprint density at radius 1 is 1.30 bits per heavy atom. The number of aryl methyl sites for hydroxylation is 1. The number of primary amides is 1. The van der Waals surface area contributed by atoms with Gasteiger partial charge in [0.05, 0.1) is 18.2 Å². The number of rotatable bonds is 5. The van der Waals surface area contributed by atoms with Gasteiger partial charge in [0.25, 0.3) is 5.89 Å². The van der Waals surface area contributed by atoms with Crippen molar-refractivity contribution in [3.8, 4) is 22.7 Å². The molecule has 1 fully saturated rings. The van der Waals surface area contributed by atoms with Crippen molar-refractivity contribution in [3.05, 3.63) is 48.2 Å². The van der Waals surface area contributed by atoms with Crippen molar-refractivity contribution >= 4 is 17.7 Å². The SMILES string of the molecule is Cc1nnc(-c2ccc(-c3ccc(N4CC([C@H](C)C(N)=O)OC4=O)cc3F)cn2)o1. The van der Waals surface area contributed by atoms with E-state index in [1.165, 1.54) is 17.2 Å². The Morgan fingerprint density at radius 2 is 2.10 bits per heavy atom. The lowest BCUT2D eigenvalue weighted by molar-refractivity contribution is -0.123. The second kappa shape index (κ2) is 7.54. The quantitative estimate of drug-likeness (QED) is 0.684. The first-order valence-corrected chi connectivity index (χ1v) is 9.17. The molecule has 0 saturated carbocycles. The molecule has 2 atom stereocenters. The van der Waals surface area contributed by atoms with Crippen molar-refractivity contribution in [3.63, 3.8) is 0 Å². The standard InChI is InChI=1S/C20H18FN5O4/c1-10(18(22)27)17-9-26(20(28)30-17)13-4-5-14(15(21)7-13)12-3-6-16(23-8-12)19-25-24-11(2)29-19/h3-8,10,17H,9H2,1-2H3,(H2,22,27)/t10-,17?/m0/s1. The molecule has 1 unspecified atom stereocenters. The molecular weight excluding hydrogens is 393 g/mol. The summed E-state index contributed by atoms with van der Waals surface area (Å²) in [6.45, 7) is 3.37. The number of cyclic esters (lactones) is 1. The second-order valence-electron chi connectivity index (χ2n) is 6.95. The zero-order valence-electron chi connectivity index (χ0n) is 16.2. The van der Waals surface area contributed by atoms with Crippen molar-refractivity contribution in [2.24, 2.45) is 11.7 Å². The first kappa shape index (κ1) is 19.5. The maximum atomic E-state index is 14.8. The van der Waals surface area contributed by atoms with Crippen LogP contribution in [0.25, 0.3) is 22.7 Å². The van der Waals surface area contributed by atoms with Crippen molar-refractivity contribution < 1.29 is 23.1 Å². The average molecular weight is 411 g/mol. The van der Waals surface area contributed by atoms with Gasteiger partial charge < -0.3 is 14.9 Å². The van der Waals surface area contributed by atoms with E-state index in [4.69, 9.17) is 14.9 Å². The zero-order chi connectivity index (χ0) is 21.4. The van der Waals surface area contributed by atoms with Crippen LogP contribution in [-0.4, -0.2) is 39.8 Å². The third kappa shape index (κ3) is 3.59. The molecule has 30 heavy (non-hydrogen) atoms. The fourth-order valence-corrected chi connectivity index (χ4v) is 3.12. The van der Waals surface area contributed by atoms with Gasteiger partial charge in [-0.15, -0.1) is 10.2 Å². The number of pyridine rings is 1. The van der Waals surface area contributed by atoms with Gasteiger partial charge in [-0.3, -0.25) is 14.7 Å². The molecule has 2 amide bonds. The summed E-state index contributed by atoms with van der Waals surface area (Å²) in [6.07, 6.45) is 0.172. The minimum Gasteiger partial charge on any atom is -0.443 e. The Labute approximate surface area is 170 Å². The number of aromatic nitrogens is 3. The smallest absolute Gasteiger partial charge is 0.414 e. The maximum absolute atomic E-state index is 14.8. The van der Waals surface area contributed by atoms with E-state index in [1.54, 1.807) is 38.1 Å². The molecule has 3 heterocycles. The lowest BCUT2D eigenvalue weighted by atomic mass is 10.0. The summed E-state index contributed by atoms with van der Waals surface area (Å²) in [4.78, 5) is 29.0. The number of hydrogen-bond acceptors (Lipinski definition) is 7. The van der Waals surface area contributed by atoms with E-state index in [-0.39, 0.29) is 12.4 Å². The first-order chi connectivity index (χ1) is 14.3. The molecule has 9 nitrogen and oxygen atoms in total. The normalized spacial score (nSPS) is 17.1. The molecule has 1 aliphatic rings. The molecular formula is C20H18FN5O4. The first-order valence-electron chi connectivity index (χ1n) is 9.17. The summed E-state index contributed by atoms with van der Waals surface area (Å²) in [5.74, 6) is -1.04. The molecule has 1 saturated heterocycles. The van der Waals surface area contributed by atoms with Crippen LogP contribution < -0.4 is 10.6 Å². The van der Waals surface area contributed by atoms with Crippen LogP contribution in [0.3, 0.4) is 0 Å². The largest absolute Gasteiger partial charge is 0.443 e. The van der Waals surface area contributed by atoms with Crippen molar-refractivity contribution in [1.29, 1.82) is 0 Å². The topological polar surface area (TPSA) is 124 Å². The second-order valence-corrected chi connectivity index (χ2v) is 6.95. The van der Waals surface area contributed by atoms with Gasteiger partial charge in [0, 0.05) is 24.2 Å². The van der Waals surface area contributed by atoms with E-state index in [0.717, 1.165) is 0 Å². The number of ether oxygens (including phenoxy) is 1. The number of nitrogens with zero attached hydrogens (tertiary/aromatic N) is 4. The molecule has 4 rings (SSSR count). The van der Waals surface area contributed by atoms with E-state index >= 15 is 0 Å². The summed E-state index contributed by atoms with van der Waals surface area (Å²) in [5, 5.41) is 7.65. The molecule has 1 aromatic carbocycles. The summed E-state index contributed by atoms with van der Waals surface area (Å²) < 4.78 is 25.3. The highest BCUT2D eigenvalue weighted by Crippen LogP contribution is 2.30. The number of amides is 2. The lowest BCUT2D eigenvalue weighted by Gasteiger charge is -2.15. The van der Waals surface area contributed by atoms with Gasteiger partial charge in [-0.1, -0.05) is 6.07 Å². The van der Waals surface area contributed by atoms with Gasteiger partial charge in [0.1, 0.15) is 17.6 Å². The minimum absolute atomic E-state index is 0.113. The van der Waals surface area contributed by atoms with E-state index in [2.05, 4.69) is 15.2 Å². The number of benzene rings is 1. The molecule has 2 N–H and O–H groups in total. The van der Waals surface area contributed by atoms with Crippen LogP contribution >= 0.6 is 0 Å². The number of carbonyl (C=O) groups excluding carboxylic acids is 2. The van der Waals surface area contributed by atoms with Gasteiger partial charge in [-0.2, -0.15) is 0 Å². The summed E-state index contributed by atoms with van der Waals surface area (Å²) in [5.41, 5.74) is 6.94. The number of halogens is 1. The van der Waals surface area contributed by atoms with Gasteiger partial charge in [0.15, 0.2) is 0 Å². The highest BCUT2D eigenvalue weighted by molar-refractivity contribution is 5.91. The third-order valence-corrected chi connectivity index (χ3v) is 4.93. The molecule has 3 aromatic rings. The highest BCUT2D eigenvalue weighted by atomic mass is 19.1. The lowest BCUT2D eigenvalue weighted by Crippen LogP contribution is -2.34. The van der Waals surface area contributed by atoms with Gasteiger partial charge in [0.2, 0.25) is 11.8 Å². The van der Waals surface area contributed by atoms with Crippen LogP contribution in [-0.2, 0) is 9.53 Å². The molecule has 0 spiro atoms. The van der Waals surface area contributed by atoms with Crippen LogP contribution in [0.1, 0.15) is 12.8 Å². The predicted octanol–water partition coefficient (Wildman–Crippen LogP) is 2.69. The zero-order valence-corrected chi connectivity index (χ0v) is 16.2. The number of anilines is 1. The van der Waals surface area contributed by atoms with E-state index in [0.29, 0.717) is 28.4 Å². The molecule has 2 aromatic heterocycles. The Hall–Kier alpha value is -3.82. The van der Waals surface area contributed by atoms with E-state index < -0.39 is 29.8 Å². The predicted molar refractivity (Wildman–Crippen MR) is 104 cm³/mol. The summed E-state index contributed by atoms with van der Waals surface area (Å²) >= 11 is 0. The number of nitrogens with two attached hydrogens (primary N) is 1. The molecule has 0 aliphatic carbocycles. The monoisotopic (exact) mass is 411 g/mol. The molecule has 0 bridgehead atoms. The number of carbonyl (C=O) groups is 2. The van der Waals surface area contributed by atoms with Gasteiger partial charge >= 0.3 is 6.09 Å². The summed E-state index contributed by atoms with van der Waals surface area (Å²) in [7, 11) is 0. The fraction of sp³-hybridized carbons (Fsp3) is 0.250. The van der Waals surface area contributed by atoms with Crippen LogP contribution in [0.5, 0.6) is 0 Å². The molecule has 1 aliphatic heterocycles. The van der Waals surface area contributed by atoms with Crippen molar-refractivity contribution in [1.82, 2.24) is 15.2 Å². The molecule has 0 radical (unpaired) electrons. The fourth-order valence-electron chi connectivity index (χ4n) is 3.12. The minimum atomic E-state index is -0.678. The number of hydrogen-bond donors (Lipinski definition) is 1. The van der Waals surface area contributed by atoms with Crippen LogP contribution in [0.15, 0.2) is 40.9 Å². The van der Waals surface area contributed by atoms with Crippen LogP contribution in [0.4, 0.5) is 14.9 Å². The Kier molecular flexibility index (Phi) is 4.90. The molecule has 10 heteroatoms. The average Bonchev–Trinajstić information content (AvgIpc) is 3.33. The molecule has 154 valence electrons. The van der Waals surface area contributed by atoms with E-state index in [1.807, 2.05) is 0 Å².